The van der Waals surface area contributed by atoms with Crippen LogP contribution in [0, 0.1) is 5.82 Å². The number of amides is 2. The standard InChI is InChI=1S/C30H34FN3O2S/c1-2-25(22-8-4-3-5-9-22)30(36)33-15-7-14-32(17-18-33)28(35)21-34-16-12-27-26(13-19-37-27)29(34)23-10-6-11-24(31)20-23/h3-6,8-11,13,19-20,25,29H,2,7,12,14-18,21H2,1H3/t25-,29-/m1/s1. The van der Waals surface area contributed by atoms with Crippen LogP contribution in [0.25, 0.3) is 0 Å². The number of carbonyl (C=O) groups is 2. The van der Waals surface area contributed by atoms with Crippen molar-refractivity contribution in [3.63, 3.8) is 0 Å². The molecule has 1 aromatic heterocycles. The predicted molar refractivity (Wildman–Crippen MR) is 145 cm³/mol. The van der Waals surface area contributed by atoms with Gasteiger partial charge in [-0.1, -0.05) is 49.4 Å². The molecule has 5 nitrogen and oxygen atoms in total. The molecule has 0 N–H and O–H groups in total. The zero-order valence-corrected chi connectivity index (χ0v) is 22.1. The van der Waals surface area contributed by atoms with Gasteiger partial charge in [-0.15, -0.1) is 11.3 Å². The monoisotopic (exact) mass is 519 g/mol. The fourth-order valence-corrected chi connectivity index (χ4v) is 6.63. The first-order valence-electron chi connectivity index (χ1n) is 13.2. The summed E-state index contributed by atoms with van der Waals surface area (Å²) in [7, 11) is 0. The summed E-state index contributed by atoms with van der Waals surface area (Å²) >= 11 is 1.73. The van der Waals surface area contributed by atoms with Gasteiger partial charge < -0.3 is 9.80 Å². The van der Waals surface area contributed by atoms with Gasteiger partial charge in [0, 0.05) is 37.6 Å². The number of rotatable bonds is 6. The second-order valence-corrected chi connectivity index (χ2v) is 10.9. The van der Waals surface area contributed by atoms with Crippen molar-refractivity contribution in [3.05, 3.63) is 93.4 Å². The van der Waals surface area contributed by atoms with Crippen LogP contribution in [-0.2, 0) is 16.0 Å². The minimum absolute atomic E-state index is 0.0736. The molecule has 37 heavy (non-hydrogen) atoms. The second-order valence-electron chi connectivity index (χ2n) is 9.91. The lowest BCUT2D eigenvalue weighted by molar-refractivity contribution is -0.135. The number of halogens is 1. The lowest BCUT2D eigenvalue weighted by Gasteiger charge is -2.37. The van der Waals surface area contributed by atoms with E-state index in [1.54, 1.807) is 23.5 Å². The van der Waals surface area contributed by atoms with Crippen LogP contribution in [0.3, 0.4) is 0 Å². The van der Waals surface area contributed by atoms with E-state index >= 15 is 0 Å². The van der Waals surface area contributed by atoms with Gasteiger partial charge in [-0.05, 0) is 59.5 Å². The SMILES string of the molecule is CC[C@@H](C(=O)N1CCCN(C(=O)CN2CCc3sccc3[C@H]2c2cccc(F)c2)CC1)c1ccccc1. The first kappa shape index (κ1) is 25.6. The Morgan fingerprint density at radius 3 is 2.54 bits per heavy atom. The molecule has 0 unspecified atom stereocenters. The predicted octanol–water partition coefficient (Wildman–Crippen LogP) is 5.09. The molecule has 2 atom stereocenters. The summed E-state index contributed by atoms with van der Waals surface area (Å²) in [5.41, 5.74) is 3.11. The molecule has 2 aromatic carbocycles. The highest BCUT2D eigenvalue weighted by Crippen LogP contribution is 2.37. The molecule has 0 saturated carbocycles. The number of hydrogen-bond donors (Lipinski definition) is 0. The van der Waals surface area contributed by atoms with E-state index in [4.69, 9.17) is 0 Å². The molecule has 5 rings (SSSR count). The van der Waals surface area contributed by atoms with Gasteiger partial charge in [0.2, 0.25) is 11.8 Å². The molecule has 194 valence electrons. The van der Waals surface area contributed by atoms with E-state index in [1.165, 1.54) is 16.5 Å². The van der Waals surface area contributed by atoms with Crippen molar-refractivity contribution >= 4 is 23.2 Å². The molecule has 0 bridgehead atoms. The van der Waals surface area contributed by atoms with E-state index in [9.17, 15) is 14.0 Å². The molecular formula is C30H34FN3O2S. The topological polar surface area (TPSA) is 43.9 Å². The zero-order chi connectivity index (χ0) is 25.8. The highest BCUT2D eigenvalue weighted by Gasteiger charge is 2.33. The third-order valence-electron chi connectivity index (χ3n) is 7.64. The lowest BCUT2D eigenvalue weighted by atomic mass is 9.93. The van der Waals surface area contributed by atoms with Crippen LogP contribution in [0.2, 0.25) is 0 Å². The first-order valence-corrected chi connectivity index (χ1v) is 14.1. The van der Waals surface area contributed by atoms with Gasteiger partial charge in [0.1, 0.15) is 5.82 Å². The first-order chi connectivity index (χ1) is 18.0. The molecule has 0 aliphatic carbocycles. The molecule has 7 heteroatoms. The number of carbonyl (C=O) groups excluding carboxylic acids is 2. The van der Waals surface area contributed by atoms with Crippen molar-refractivity contribution in [2.24, 2.45) is 0 Å². The molecule has 0 spiro atoms. The Bertz CT molecular complexity index is 1230. The van der Waals surface area contributed by atoms with Gasteiger partial charge >= 0.3 is 0 Å². The molecule has 1 saturated heterocycles. The van der Waals surface area contributed by atoms with Crippen LogP contribution in [-0.4, -0.2) is 65.8 Å². The highest BCUT2D eigenvalue weighted by molar-refractivity contribution is 7.10. The third-order valence-corrected chi connectivity index (χ3v) is 8.63. The summed E-state index contributed by atoms with van der Waals surface area (Å²) in [6.07, 6.45) is 2.42. The van der Waals surface area contributed by atoms with Gasteiger partial charge in [0.15, 0.2) is 0 Å². The van der Waals surface area contributed by atoms with Gasteiger partial charge in [0.05, 0.1) is 18.5 Å². The van der Waals surface area contributed by atoms with Crippen LogP contribution >= 0.6 is 11.3 Å². The fraction of sp³-hybridized carbons (Fsp3) is 0.400. The number of fused-ring (bicyclic) bond motifs is 1. The van der Waals surface area contributed by atoms with Crippen molar-refractivity contribution in [2.45, 2.75) is 38.1 Å². The maximum atomic E-state index is 14.1. The third kappa shape index (κ3) is 5.63. The Morgan fingerprint density at radius 1 is 0.973 bits per heavy atom. The van der Waals surface area contributed by atoms with Gasteiger partial charge in [0.25, 0.3) is 0 Å². The highest BCUT2D eigenvalue weighted by atomic mass is 32.1. The van der Waals surface area contributed by atoms with Crippen molar-refractivity contribution in [1.82, 2.24) is 14.7 Å². The summed E-state index contributed by atoms with van der Waals surface area (Å²) < 4.78 is 14.1. The Hall–Kier alpha value is -3.03. The molecular weight excluding hydrogens is 485 g/mol. The Morgan fingerprint density at radius 2 is 1.76 bits per heavy atom. The largest absolute Gasteiger partial charge is 0.340 e. The van der Waals surface area contributed by atoms with E-state index in [-0.39, 0.29) is 36.1 Å². The quantitative estimate of drug-likeness (QED) is 0.456. The summed E-state index contributed by atoms with van der Waals surface area (Å²) in [6, 6.07) is 18.7. The van der Waals surface area contributed by atoms with Gasteiger partial charge in [-0.25, -0.2) is 4.39 Å². The van der Waals surface area contributed by atoms with E-state index in [0.717, 1.165) is 36.9 Å². The molecule has 2 amide bonds. The molecule has 3 aromatic rings. The van der Waals surface area contributed by atoms with Crippen molar-refractivity contribution < 1.29 is 14.0 Å². The molecule has 3 heterocycles. The van der Waals surface area contributed by atoms with Gasteiger partial charge in [-0.3, -0.25) is 14.5 Å². The summed E-state index contributed by atoms with van der Waals surface area (Å²) in [6.45, 7) is 5.50. The number of thiophene rings is 1. The van der Waals surface area contributed by atoms with E-state index in [1.807, 2.05) is 46.2 Å². The molecule has 1 fully saturated rings. The van der Waals surface area contributed by atoms with E-state index in [2.05, 4.69) is 23.3 Å². The fourth-order valence-electron chi connectivity index (χ4n) is 5.73. The average Bonchev–Trinajstić information content (AvgIpc) is 3.25. The Balaban J connectivity index is 1.26. The summed E-state index contributed by atoms with van der Waals surface area (Å²) in [4.78, 5) is 34.2. The normalized spacial score (nSPS) is 19.2. The Labute approximate surface area is 222 Å². The van der Waals surface area contributed by atoms with Crippen LogP contribution in [0.15, 0.2) is 66.0 Å². The summed E-state index contributed by atoms with van der Waals surface area (Å²) in [5, 5.41) is 2.09. The number of hydrogen-bond acceptors (Lipinski definition) is 4. The van der Waals surface area contributed by atoms with Crippen LogP contribution in [0.4, 0.5) is 4.39 Å². The van der Waals surface area contributed by atoms with Crippen LogP contribution in [0.1, 0.15) is 53.3 Å². The van der Waals surface area contributed by atoms with E-state index in [0.29, 0.717) is 26.2 Å². The minimum atomic E-state index is -0.260. The van der Waals surface area contributed by atoms with Crippen molar-refractivity contribution in [2.75, 3.05) is 39.3 Å². The Kier molecular flexibility index (Phi) is 8.01. The molecule has 2 aliphatic heterocycles. The maximum Gasteiger partial charge on any atom is 0.236 e. The lowest BCUT2D eigenvalue weighted by Crippen LogP contribution is -2.45. The molecule has 2 aliphatic rings. The zero-order valence-electron chi connectivity index (χ0n) is 21.3. The summed E-state index contributed by atoms with van der Waals surface area (Å²) in [5.74, 6) is -0.187. The number of benzene rings is 2. The van der Waals surface area contributed by atoms with Crippen LogP contribution in [0.5, 0.6) is 0 Å². The maximum absolute atomic E-state index is 14.1. The minimum Gasteiger partial charge on any atom is -0.340 e. The van der Waals surface area contributed by atoms with E-state index < -0.39 is 0 Å². The van der Waals surface area contributed by atoms with Crippen molar-refractivity contribution in [3.8, 4) is 0 Å². The van der Waals surface area contributed by atoms with Crippen molar-refractivity contribution in [1.29, 1.82) is 0 Å². The second kappa shape index (κ2) is 11.6. The average molecular weight is 520 g/mol. The van der Waals surface area contributed by atoms with Crippen LogP contribution < -0.4 is 0 Å². The smallest absolute Gasteiger partial charge is 0.236 e. The number of nitrogens with zero attached hydrogens (tertiary/aromatic N) is 3. The molecule has 0 radical (unpaired) electrons. The van der Waals surface area contributed by atoms with Gasteiger partial charge in [-0.2, -0.15) is 0 Å².